The normalized spacial score (nSPS) is 14.3. The Hall–Kier alpha value is -1.70. The van der Waals surface area contributed by atoms with E-state index in [1.54, 1.807) is 0 Å². The highest BCUT2D eigenvalue weighted by molar-refractivity contribution is 5.93. The number of halogens is 8. The number of alkyl halides is 6. The fourth-order valence-electron chi connectivity index (χ4n) is 1.24. The lowest BCUT2D eigenvalue weighted by Gasteiger charge is -2.24. The third-order valence-corrected chi connectivity index (χ3v) is 2.37. The second-order valence-corrected chi connectivity index (χ2v) is 4.04. The molecule has 6 nitrogen and oxygen atoms in total. The Morgan fingerprint density at radius 2 is 1.25 bits per heavy atom. The number of carbonyl (C=O) groups is 2. The van der Waals surface area contributed by atoms with Gasteiger partial charge in [0.15, 0.2) is 18.1 Å². The number of rotatable bonds is 8. The third kappa shape index (κ3) is 8.81. The molecule has 0 amide bonds. The maximum atomic E-state index is 12.6. The average molecular weight is 380 g/mol. The molecule has 2 N–H and O–H groups in total. The van der Waals surface area contributed by atoms with Crippen molar-refractivity contribution in [2.75, 3.05) is 13.2 Å². The van der Waals surface area contributed by atoms with Crippen LogP contribution in [0.3, 0.4) is 0 Å². The van der Waals surface area contributed by atoms with Crippen molar-refractivity contribution in [1.82, 2.24) is 0 Å². The SMILES string of the molecule is CC(OCCOC(C(C(=O)O)C(=O)O)C(F)(F)F)C(F)(F)F.[F-].[F-]. The second-order valence-electron chi connectivity index (χ2n) is 4.04. The topological polar surface area (TPSA) is 93.1 Å². The molecule has 0 aromatic carbocycles. The maximum Gasteiger partial charge on any atom is 0.416 e. The summed E-state index contributed by atoms with van der Waals surface area (Å²) in [6, 6.07) is 0. The molecular weight excluding hydrogens is 368 g/mol. The molecule has 24 heavy (non-hydrogen) atoms. The fourth-order valence-corrected chi connectivity index (χ4v) is 1.24. The van der Waals surface area contributed by atoms with Crippen LogP contribution in [-0.4, -0.2) is 59.9 Å². The first-order chi connectivity index (χ1) is 9.78. The highest BCUT2D eigenvalue weighted by Crippen LogP contribution is 2.29. The molecular formula is C10H12F8O6-2. The first kappa shape index (κ1) is 27.2. The Morgan fingerprint density at radius 3 is 1.54 bits per heavy atom. The number of hydrogen-bond acceptors (Lipinski definition) is 4. The quantitative estimate of drug-likeness (QED) is 0.252. The van der Waals surface area contributed by atoms with Gasteiger partial charge in [-0.1, -0.05) is 0 Å². The Labute approximate surface area is 129 Å². The predicted molar refractivity (Wildman–Crippen MR) is 56.0 cm³/mol. The lowest BCUT2D eigenvalue weighted by Crippen LogP contribution is -3.00. The number of ether oxygens (including phenoxy) is 2. The van der Waals surface area contributed by atoms with Gasteiger partial charge < -0.3 is 29.1 Å². The van der Waals surface area contributed by atoms with Crippen molar-refractivity contribution in [2.45, 2.75) is 31.5 Å². The van der Waals surface area contributed by atoms with Crippen molar-refractivity contribution in [3.8, 4) is 0 Å². The van der Waals surface area contributed by atoms with E-state index in [1.165, 1.54) is 0 Å². The van der Waals surface area contributed by atoms with Crippen LogP contribution in [0.4, 0.5) is 26.3 Å². The summed E-state index contributed by atoms with van der Waals surface area (Å²) in [5.74, 6) is -7.53. The van der Waals surface area contributed by atoms with Crippen LogP contribution in [0.5, 0.6) is 0 Å². The van der Waals surface area contributed by atoms with Gasteiger partial charge in [-0.2, -0.15) is 26.3 Å². The van der Waals surface area contributed by atoms with E-state index in [0.29, 0.717) is 6.92 Å². The molecule has 0 aromatic rings. The highest BCUT2D eigenvalue weighted by atomic mass is 19.4. The zero-order valence-corrected chi connectivity index (χ0v) is 11.7. The molecule has 0 saturated carbocycles. The monoisotopic (exact) mass is 380 g/mol. The van der Waals surface area contributed by atoms with Gasteiger partial charge in [-0.05, 0) is 6.92 Å². The van der Waals surface area contributed by atoms with Crippen LogP contribution in [0.2, 0.25) is 0 Å². The van der Waals surface area contributed by atoms with Crippen LogP contribution in [-0.2, 0) is 19.1 Å². The van der Waals surface area contributed by atoms with E-state index in [9.17, 15) is 35.9 Å². The minimum Gasteiger partial charge on any atom is -1.00 e. The average Bonchev–Trinajstić information content (AvgIpc) is 2.28. The molecule has 0 aromatic heterocycles. The second kappa shape index (κ2) is 10.2. The summed E-state index contributed by atoms with van der Waals surface area (Å²) >= 11 is 0. The minimum atomic E-state index is -5.34. The molecule has 0 rings (SSSR count). The van der Waals surface area contributed by atoms with Gasteiger partial charge >= 0.3 is 24.3 Å². The molecule has 0 heterocycles. The summed E-state index contributed by atoms with van der Waals surface area (Å²) in [6.45, 7) is -1.39. The van der Waals surface area contributed by atoms with Gasteiger partial charge in [-0.25, -0.2) is 0 Å². The lowest BCUT2D eigenvalue weighted by atomic mass is 10.0. The summed E-state index contributed by atoms with van der Waals surface area (Å²) in [5, 5.41) is 17.0. The first-order valence-electron chi connectivity index (χ1n) is 5.60. The minimum absolute atomic E-state index is 0. The molecule has 14 heteroatoms. The number of hydrogen-bond donors (Lipinski definition) is 2. The molecule has 0 aliphatic carbocycles. The third-order valence-electron chi connectivity index (χ3n) is 2.37. The molecule has 0 saturated heterocycles. The van der Waals surface area contributed by atoms with Crippen LogP contribution in [0.15, 0.2) is 0 Å². The van der Waals surface area contributed by atoms with Crippen molar-refractivity contribution >= 4 is 11.9 Å². The van der Waals surface area contributed by atoms with E-state index >= 15 is 0 Å². The van der Waals surface area contributed by atoms with E-state index < -0.39 is 55.6 Å². The number of carboxylic acids is 2. The molecule has 2 atom stereocenters. The summed E-state index contributed by atoms with van der Waals surface area (Å²) in [5.41, 5.74) is 0. The molecule has 0 bridgehead atoms. The summed E-state index contributed by atoms with van der Waals surface area (Å²) in [6.07, 6.45) is -15.5. The Balaban J connectivity index is -0.00000220. The summed E-state index contributed by atoms with van der Waals surface area (Å²) in [7, 11) is 0. The molecule has 0 spiro atoms. The number of carboxylic acid groups (broad SMARTS) is 2. The van der Waals surface area contributed by atoms with Crippen LogP contribution < -0.4 is 9.41 Å². The van der Waals surface area contributed by atoms with Crippen LogP contribution in [0.25, 0.3) is 0 Å². The van der Waals surface area contributed by atoms with E-state index in [4.69, 9.17) is 10.2 Å². The Bertz CT molecular complexity index is 382. The van der Waals surface area contributed by atoms with E-state index in [0.717, 1.165) is 0 Å². The van der Waals surface area contributed by atoms with Crippen molar-refractivity contribution in [2.24, 2.45) is 5.92 Å². The first-order valence-corrected chi connectivity index (χ1v) is 5.60. The zero-order chi connectivity index (χ0) is 17.7. The molecule has 2 unspecified atom stereocenters. The largest absolute Gasteiger partial charge is 1.00 e. The van der Waals surface area contributed by atoms with Crippen molar-refractivity contribution in [3.05, 3.63) is 0 Å². The molecule has 146 valence electrons. The molecule has 0 fully saturated rings. The zero-order valence-electron chi connectivity index (χ0n) is 11.7. The van der Waals surface area contributed by atoms with Gasteiger partial charge in [0, 0.05) is 0 Å². The van der Waals surface area contributed by atoms with Crippen LogP contribution >= 0.6 is 0 Å². The summed E-state index contributed by atoms with van der Waals surface area (Å²) in [4.78, 5) is 21.1. The van der Waals surface area contributed by atoms with Crippen LogP contribution in [0, 0.1) is 5.92 Å². The Kier molecular flexibility index (Phi) is 11.6. The highest BCUT2D eigenvalue weighted by Gasteiger charge is 2.52. The van der Waals surface area contributed by atoms with E-state index in [2.05, 4.69) is 9.47 Å². The fraction of sp³-hybridized carbons (Fsp3) is 0.800. The molecule has 0 radical (unpaired) electrons. The van der Waals surface area contributed by atoms with Crippen molar-refractivity contribution < 1.29 is 65.0 Å². The lowest BCUT2D eigenvalue weighted by molar-refractivity contribution is -0.248. The van der Waals surface area contributed by atoms with Gasteiger partial charge in [0.1, 0.15) is 0 Å². The van der Waals surface area contributed by atoms with Gasteiger partial charge in [0.2, 0.25) is 0 Å². The van der Waals surface area contributed by atoms with Crippen LogP contribution in [0.1, 0.15) is 6.92 Å². The Morgan fingerprint density at radius 1 is 0.875 bits per heavy atom. The van der Waals surface area contributed by atoms with Gasteiger partial charge in [0.25, 0.3) is 0 Å². The van der Waals surface area contributed by atoms with Gasteiger partial charge in [-0.3, -0.25) is 9.59 Å². The molecule has 0 aliphatic heterocycles. The maximum absolute atomic E-state index is 12.6. The van der Waals surface area contributed by atoms with Crippen molar-refractivity contribution in [3.63, 3.8) is 0 Å². The van der Waals surface area contributed by atoms with Gasteiger partial charge in [-0.15, -0.1) is 0 Å². The molecule has 0 aliphatic rings. The van der Waals surface area contributed by atoms with E-state index in [1.807, 2.05) is 0 Å². The van der Waals surface area contributed by atoms with Gasteiger partial charge in [0.05, 0.1) is 13.2 Å². The van der Waals surface area contributed by atoms with Crippen molar-refractivity contribution in [1.29, 1.82) is 0 Å². The number of aliphatic carboxylic acids is 2. The smallest absolute Gasteiger partial charge is 0.416 e. The predicted octanol–water partition coefficient (Wildman–Crippen LogP) is -4.31. The standard InChI is InChI=1S/C10H12F6O6.2FH/c1-4(9(11,12)13)21-2-3-22-6(10(14,15)16)5(7(17)18)8(19)20;;/h4-6H,2-3H2,1H3,(H,17,18)(H,19,20);2*1H/p-2. The summed E-state index contributed by atoms with van der Waals surface area (Å²) < 4.78 is 82.2. The van der Waals surface area contributed by atoms with E-state index in [-0.39, 0.29) is 9.41 Å².